The Morgan fingerprint density at radius 2 is 1.84 bits per heavy atom. The van der Waals surface area contributed by atoms with Gasteiger partial charge in [0.15, 0.2) is 17.6 Å². The molecule has 0 saturated heterocycles. The molecular weight excluding hydrogens is 344 g/mol. The second kappa shape index (κ2) is 7.98. The first-order chi connectivity index (χ1) is 11.8. The summed E-state index contributed by atoms with van der Waals surface area (Å²) in [7, 11) is 3.04. The molecule has 0 unspecified atom stereocenters. The highest BCUT2D eigenvalue weighted by Gasteiger charge is 2.22. The molecule has 7 nitrogen and oxygen atoms in total. The predicted molar refractivity (Wildman–Crippen MR) is 94.6 cm³/mol. The van der Waals surface area contributed by atoms with Gasteiger partial charge < -0.3 is 19.5 Å². The molecule has 0 spiro atoms. The van der Waals surface area contributed by atoms with E-state index in [4.69, 9.17) is 14.2 Å². The molecule has 8 heteroatoms. The zero-order valence-electron chi connectivity index (χ0n) is 14.7. The lowest BCUT2D eigenvalue weighted by atomic mass is 10.2. The van der Waals surface area contributed by atoms with Gasteiger partial charge in [-0.05, 0) is 32.9 Å². The second-order valence-electron chi connectivity index (χ2n) is 5.25. The number of thiazole rings is 1. The Morgan fingerprint density at radius 3 is 2.40 bits per heavy atom. The van der Waals surface area contributed by atoms with E-state index in [9.17, 15) is 9.59 Å². The van der Waals surface area contributed by atoms with E-state index < -0.39 is 18.0 Å². The molecule has 0 saturated carbocycles. The van der Waals surface area contributed by atoms with Gasteiger partial charge in [-0.15, -0.1) is 11.3 Å². The molecule has 0 radical (unpaired) electrons. The standard InChI is InChI=1S/C17H20N2O5S/c1-9-15(25-11(3)18-9)17(21)24-10(2)16(20)19-12-6-7-13(22-4)14(8-12)23-5/h6-8,10H,1-5H3,(H,19,20)/t10-/m1/s1. The maximum absolute atomic E-state index is 12.3. The van der Waals surface area contributed by atoms with Crippen molar-refractivity contribution in [3.63, 3.8) is 0 Å². The number of aromatic nitrogens is 1. The number of methoxy groups -OCH3 is 2. The number of anilines is 1. The van der Waals surface area contributed by atoms with E-state index in [-0.39, 0.29) is 0 Å². The number of carbonyl (C=O) groups excluding carboxylic acids is 2. The van der Waals surface area contributed by atoms with Gasteiger partial charge >= 0.3 is 5.97 Å². The third-order valence-electron chi connectivity index (χ3n) is 3.39. The summed E-state index contributed by atoms with van der Waals surface area (Å²) >= 11 is 1.24. The van der Waals surface area contributed by atoms with E-state index in [1.807, 2.05) is 6.92 Å². The van der Waals surface area contributed by atoms with Crippen molar-refractivity contribution >= 4 is 28.9 Å². The van der Waals surface area contributed by atoms with Crippen molar-refractivity contribution in [3.8, 4) is 11.5 Å². The Bertz CT molecular complexity index is 787. The molecule has 0 bridgehead atoms. The molecular formula is C17H20N2O5S. The SMILES string of the molecule is COc1ccc(NC(=O)[C@@H](C)OC(=O)c2sc(C)nc2C)cc1OC. The monoisotopic (exact) mass is 364 g/mol. The van der Waals surface area contributed by atoms with E-state index in [1.54, 1.807) is 25.1 Å². The largest absolute Gasteiger partial charge is 0.493 e. The minimum Gasteiger partial charge on any atom is -0.493 e. The number of benzene rings is 1. The van der Waals surface area contributed by atoms with Gasteiger partial charge in [0.25, 0.3) is 5.91 Å². The number of esters is 1. The quantitative estimate of drug-likeness (QED) is 0.793. The molecule has 0 aliphatic carbocycles. The number of nitrogens with one attached hydrogen (secondary N) is 1. The van der Waals surface area contributed by atoms with Crippen LogP contribution in [0.3, 0.4) is 0 Å². The molecule has 0 aliphatic heterocycles. The van der Waals surface area contributed by atoms with Crippen LogP contribution in [0.15, 0.2) is 18.2 Å². The zero-order chi connectivity index (χ0) is 18.6. The molecule has 25 heavy (non-hydrogen) atoms. The molecule has 0 fully saturated rings. The molecule has 1 aromatic carbocycles. The van der Waals surface area contributed by atoms with Gasteiger partial charge in [-0.1, -0.05) is 0 Å². The summed E-state index contributed by atoms with van der Waals surface area (Å²) in [6.07, 6.45) is -0.956. The van der Waals surface area contributed by atoms with Crippen LogP contribution in [0.4, 0.5) is 5.69 Å². The lowest BCUT2D eigenvalue weighted by Crippen LogP contribution is -2.30. The molecule has 1 N–H and O–H groups in total. The number of nitrogens with zero attached hydrogens (tertiary/aromatic N) is 1. The van der Waals surface area contributed by atoms with Crippen LogP contribution < -0.4 is 14.8 Å². The summed E-state index contributed by atoms with van der Waals surface area (Å²) < 4.78 is 15.6. The van der Waals surface area contributed by atoms with E-state index >= 15 is 0 Å². The fourth-order valence-electron chi connectivity index (χ4n) is 2.15. The lowest BCUT2D eigenvalue weighted by Gasteiger charge is -2.14. The summed E-state index contributed by atoms with van der Waals surface area (Å²) in [6.45, 7) is 5.05. The normalized spacial score (nSPS) is 11.6. The summed E-state index contributed by atoms with van der Waals surface area (Å²) in [4.78, 5) is 29.0. The fourth-order valence-corrected chi connectivity index (χ4v) is 2.95. The number of carbonyl (C=O) groups is 2. The van der Waals surface area contributed by atoms with Crippen LogP contribution in [0.2, 0.25) is 0 Å². The number of amides is 1. The van der Waals surface area contributed by atoms with Crippen molar-refractivity contribution in [1.82, 2.24) is 4.98 Å². The number of rotatable bonds is 6. The Labute approximate surface area is 149 Å². The third kappa shape index (κ3) is 4.48. The molecule has 134 valence electrons. The smallest absolute Gasteiger partial charge is 0.351 e. The minimum atomic E-state index is -0.956. The topological polar surface area (TPSA) is 86.8 Å². The van der Waals surface area contributed by atoms with Crippen LogP contribution in [0.1, 0.15) is 27.3 Å². The minimum absolute atomic E-state index is 0.406. The van der Waals surface area contributed by atoms with Crippen molar-refractivity contribution in [2.75, 3.05) is 19.5 Å². The van der Waals surface area contributed by atoms with Gasteiger partial charge in [-0.25, -0.2) is 9.78 Å². The van der Waals surface area contributed by atoms with Gasteiger partial charge in [-0.3, -0.25) is 4.79 Å². The summed E-state index contributed by atoms with van der Waals surface area (Å²) in [5, 5.41) is 3.45. The highest BCUT2D eigenvalue weighted by molar-refractivity contribution is 7.13. The highest BCUT2D eigenvalue weighted by atomic mass is 32.1. The molecule has 1 aromatic heterocycles. The van der Waals surface area contributed by atoms with Gasteiger partial charge in [0, 0.05) is 11.8 Å². The van der Waals surface area contributed by atoms with Crippen LogP contribution >= 0.6 is 11.3 Å². The Morgan fingerprint density at radius 1 is 1.16 bits per heavy atom. The molecule has 0 aliphatic rings. The Hall–Kier alpha value is -2.61. The second-order valence-corrected chi connectivity index (χ2v) is 6.46. The first kappa shape index (κ1) is 18.7. The highest BCUT2D eigenvalue weighted by Crippen LogP contribution is 2.29. The summed E-state index contributed by atoms with van der Waals surface area (Å²) in [5.74, 6) is 0.0363. The maximum Gasteiger partial charge on any atom is 0.351 e. The van der Waals surface area contributed by atoms with Crippen molar-refractivity contribution in [2.45, 2.75) is 26.9 Å². The number of aryl methyl sites for hydroxylation is 2. The zero-order valence-corrected chi connectivity index (χ0v) is 15.5. The van der Waals surface area contributed by atoms with Crippen LogP contribution in [0.25, 0.3) is 0 Å². The van der Waals surface area contributed by atoms with Gasteiger partial charge in [0.1, 0.15) is 4.88 Å². The van der Waals surface area contributed by atoms with Crippen LogP contribution in [-0.4, -0.2) is 37.2 Å². The van der Waals surface area contributed by atoms with E-state index in [0.29, 0.717) is 27.8 Å². The number of hydrogen-bond donors (Lipinski definition) is 1. The van der Waals surface area contributed by atoms with E-state index in [1.165, 1.54) is 32.5 Å². The lowest BCUT2D eigenvalue weighted by molar-refractivity contribution is -0.123. The number of ether oxygens (including phenoxy) is 3. The molecule has 1 atom stereocenters. The van der Waals surface area contributed by atoms with Gasteiger partial charge in [-0.2, -0.15) is 0 Å². The predicted octanol–water partition coefficient (Wildman–Crippen LogP) is 2.96. The first-order valence-electron chi connectivity index (χ1n) is 7.53. The summed E-state index contributed by atoms with van der Waals surface area (Å²) in [5.41, 5.74) is 1.11. The molecule has 2 aromatic rings. The van der Waals surface area contributed by atoms with Crippen LogP contribution in [0.5, 0.6) is 11.5 Å². The molecule has 1 amide bonds. The maximum atomic E-state index is 12.3. The van der Waals surface area contributed by atoms with Gasteiger partial charge in [0.05, 0.1) is 24.9 Å². The summed E-state index contributed by atoms with van der Waals surface area (Å²) in [6, 6.07) is 4.97. The average molecular weight is 364 g/mol. The van der Waals surface area contributed by atoms with Crippen molar-refractivity contribution < 1.29 is 23.8 Å². The van der Waals surface area contributed by atoms with Crippen LogP contribution in [0, 0.1) is 13.8 Å². The van der Waals surface area contributed by atoms with Crippen molar-refractivity contribution in [2.24, 2.45) is 0 Å². The molecule has 2 rings (SSSR count). The fraction of sp³-hybridized carbons (Fsp3) is 0.353. The van der Waals surface area contributed by atoms with E-state index in [2.05, 4.69) is 10.3 Å². The Balaban J connectivity index is 2.03. The van der Waals surface area contributed by atoms with Gasteiger partial charge in [0.2, 0.25) is 0 Å². The van der Waals surface area contributed by atoms with E-state index in [0.717, 1.165) is 5.01 Å². The van der Waals surface area contributed by atoms with Crippen LogP contribution in [-0.2, 0) is 9.53 Å². The van der Waals surface area contributed by atoms with Crippen molar-refractivity contribution in [1.29, 1.82) is 0 Å². The molecule has 1 heterocycles. The Kier molecular flexibility index (Phi) is 5.97. The first-order valence-corrected chi connectivity index (χ1v) is 8.35. The third-order valence-corrected chi connectivity index (χ3v) is 4.45. The van der Waals surface area contributed by atoms with Crippen molar-refractivity contribution in [3.05, 3.63) is 33.8 Å². The average Bonchev–Trinajstić information content (AvgIpc) is 2.93. The number of hydrogen-bond acceptors (Lipinski definition) is 7.